The van der Waals surface area contributed by atoms with Crippen LogP contribution in [-0.4, -0.2) is 75.4 Å². The van der Waals surface area contributed by atoms with Crippen molar-refractivity contribution in [2.24, 2.45) is 4.99 Å². The van der Waals surface area contributed by atoms with E-state index in [0.717, 1.165) is 5.70 Å². The van der Waals surface area contributed by atoms with Crippen molar-refractivity contribution in [1.82, 2.24) is 28.7 Å². The van der Waals surface area contributed by atoms with Gasteiger partial charge >= 0.3 is 6.55 Å². The fourth-order valence-electron chi connectivity index (χ4n) is 5.76. The Hall–Kier alpha value is -2.36. The summed E-state index contributed by atoms with van der Waals surface area (Å²) >= 11 is 1.39. The molecule has 0 aliphatic carbocycles. The van der Waals surface area contributed by atoms with Gasteiger partial charge < -0.3 is 4.90 Å². The van der Waals surface area contributed by atoms with E-state index in [0.29, 0.717) is 39.6 Å². The van der Waals surface area contributed by atoms with Gasteiger partial charge in [-0.15, -0.1) is 11.3 Å². The molecule has 3 unspecified atom stereocenters. The summed E-state index contributed by atoms with van der Waals surface area (Å²) in [4.78, 5) is 10.8. The zero-order valence-corrected chi connectivity index (χ0v) is 20.5. The van der Waals surface area contributed by atoms with E-state index >= 15 is 0 Å². The van der Waals surface area contributed by atoms with Crippen molar-refractivity contribution in [2.75, 3.05) is 13.1 Å². The second-order valence-electron chi connectivity index (χ2n) is 9.47. The maximum atomic E-state index is 14.0. The number of nitrogens with zero attached hydrogens (tertiary/aromatic N) is 6. The summed E-state index contributed by atoms with van der Waals surface area (Å²) in [6, 6.07) is -0.525. The summed E-state index contributed by atoms with van der Waals surface area (Å²) in [5.41, 5.74) is 1.71. The minimum absolute atomic E-state index is 0.186. The van der Waals surface area contributed by atoms with Crippen molar-refractivity contribution in [3.8, 4) is 0 Å². The van der Waals surface area contributed by atoms with Gasteiger partial charge in [0.05, 0.1) is 12.2 Å². The van der Waals surface area contributed by atoms with E-state index in [1.807, 2.05) is 4.90 Å². The summed E-state index contributed by atoms with van der Waals surface area (Å²) in [6.45, 7) is -2.36. The molecule has 3 fully saturated rings. The van der Waals surface area contributed by atoms with Crippen molar-refractivity contribution in [3.05, 3.63) is 40.2 Å². The average Bonchev–Trinajstić information content (AvgIpc) is 3.58. The van der Waals surface area contributed by atoms with Crippen LogP contribution in [0.25, 0.3) is 5.57 Å². The minimum Gasteiger partial charge on any atom is -0.326 e. The van der Waals surface area contributed by atoms with Crippen LogP contribution in [-0.2, 0) is 10.2 Å². The van der Waals surface area contributed by atoms with Gasteiger partial charge in [0, 0.05) is 73.0 Å². The fraction of sp³-hybridized carbons (Fsp3) is 0.571. The van der Waals surface area contributed by atoms with Gasteiger partial charge in [0.25, 0.3) is 16.1 Å². The SMILES string of the molecule is O=S(=O)(NC1CC2=C(c3ccn(C(F)F)n3)CN=C(c3nccs3)N2C1)N1C2CCC1CC(F)(F)C2. The van der Waals surface area contributed by atoms with Crippen LogP contribution >= 0.6 is 11.3 Å². The Bertz CT molecular complexity index is 1310. The summed E-state index contributed by atoms with van der Waals surface area (Å²) in [5.74, 6) is -2.27. The van der Waals surface area contributed by atoms with Gasteiger partial charge in [-0.2, -0.15) is 31.3 Å². The number of nitrogens with one attached hydrogen (secondary N) is 1. The third-order valence-electron chi connectivity index (χ3n) is 7.12. The van der Waals surface area contributed by atoms with Crippen molar-refractivity contribution >= 4 is 33.0 Å². The smallest absolute Gasteiger partial charge is 0.326 e. The zero-order chi connectivity index (χ0) is 25.2. The summed E-state index contributed by atoms with van der Waals surface area (Å²) in [5, 5.41) is 6.44. The predicted octanol–water partition coefficient (Wildman–Crippen LogP) is 3.08. The van der Waals surface area contributed by atoms with Crippen molar-refractivity contribution in [2.45, 2.75) is 62.7 Å². The Balaban J connectivity index is 1.29. The van der Waals surface area contributed by atoms with Crippen molar-refractivity contribution < 1.29 is 26.0 Å². The standard InChI is InChI=1S/C21H23F4N7O2S2/c22-20(23)31-5-3-16(28-31)15-10-27-18(19-26-4-6-35-19)30-11-12(7-17(15)30)29-36(33,34)32-13-1-2-14(32)9-21(24,25)8-13/h3-6,12-14,20,29H,1-2,7-11H2. The third-order valence-corrected chi connectivity index (χ3v) is 9.67. The minimum atomic E-state index is -4.03. The molecule has 2 aromatic rings. The first-order chi connectivity index (χ1) is 17.1. The van der Waals surface area contributed by atoms with Crippen LogP contribution in [0.5, 0.6) is 0 Å². The summed E-state index contributed by atoms with van der Waals surface area (Å²) < 4.78 is 85.5. The Kier molecular flexibility index (Phi) is 5.73. The number of piperidine rings is 1. The number of amidine groups is 1. The molecule has 4 aliphatic rings. The predicted molar refractivity (Wildman–Crippen MR) is 124 cm³/mol. The quantitative estimate of drug-likeness (QED) is 0.563. The first kappa shape index (κ1) is 24.0. The molecule has 194 valence electrons. The Morgan fingerprint density at radius 3 is 2.58 bits per heavy atom. The lowest BCUT2D eigenvalue weighted by Gasteiger charge is -2.38. The molecule has 2 aromatic heterocycles. The molecule has 0 spiro atoms. The highest BCUT2D eigenvalue weighted by Gasteiger charge is 2.54. The molecule has 0 radical (unpaired) electrons. The normalized spacial score (nSPS) is 28.2. The van der Waals surface area contributed by atoms with Gasteiger partial charge in [0.1, 0.15) is 0 Å². The first-order valence-electron chi connectivity index (χ1n) is 11.6. The number of alkyl halides is 4. The number of thiazole rings is 1. The van der Waals surface area contributed by atoms with Gasteiger partial charge in [-0.05, 0) is 18.9 Å². The van der Waals surface area contributed by atoms with Crippen LogP contribution in [0, 0.1) is 0 Å². The molecule has 15 heteroatoms. The average molecular weight is 546 g/mol. The largest absolute Gasteiger partial charge is 0.333 e. The maximum Gasteiger partial charge on any atom is 0.333 e. The van der Waals surface area contributed by atoms with Gasteiger partial charge in [0.2, 0.25) is 0 Å². The zero-order valence-electron chi connectivity index (χ0n) is 18.9. The maximum absolute atomic E-state index is 14.0. The van der Waals surface area contributed by atoms with Crippen LogP contribution in [0.4, 0.5) is 17.6 Å². The monoisotopic (exact) mass is 545 g/mol. The van der Waals surface area contributed by atoms with E-state index in [2.05, 4.69) is 19.8 Å². The van der Waals surface area contributed by atoms with E-state index < -0.39 is 53.6 Å². The molecular weight excluding hydrogens is 522 g/mol. The summed E-state index contributed by atoms with van der Waals surface area (Å²) in [7, 11) is -4.03. The van der Waals surface area contributed by atoms with Gasteiger partial charge in [-0.1, -0.05) is 0 Å². The number of hydrogen-bond donors (Lipinski definition) is 1. The molecule has 6 rings (SSSR count). The van der Waals surface area contributed by atoms with E-state index in [1.54, 1.807) is 11.6 Å². The molecule has 0 aromatic carbocycles. The lowest BCUT2D eigenvalue weighted by atomic mass is 10.0. The Morgan fingerprint density at radius 2 is 1.94 bits per heavy atom. The van der Waals surface area contributed by atoms with Gasteiger partial charge in [-0.3, -0.25) is 4.99 Å². The second kappa shape index (κ2) is 8.60. The van der Waals surface area contributed by atoms with Crippen LogP contribution < -0.4 is 4.72 Å². The highest BCUT2D eigenvalue weighted by Crippen LogP contribution is 2.45. The fourth-order valence-corrected chi connectivity index (χ4v) is 8.26. The molecule has 4 aliphatic heterocycles. The second-order valence-corrected chi connectivity index (χ2v) is 12.0. The Morgan fingerprint density at radius 1 is 1.19 bits per heavy atom. The molecule has 6 heterocycles. The number of hydrogen-bond acceptors (Lipinski definition) is 7. The van der Waals surface area contributed by atoms with Crippen LogP contribution in [0.2, 0.25) is 0 Å². The van der Waals surface area contributed by atoms with Gasteiger partial charge in [0.15, 0.2) is 10.8 Å². The molecule has 3 saturated heterocycles. The molecule has 1 N–H and O–H groups in total. The topological polar surface area (TPSA) is 95.7 Å². The molecular formula is C21H23F4N7O2S2. The highest BCUT2D eigenvalue weighted by atomic mass is 32.2. The van der Waals surface area contributed by atoms with Gasteiger partial charge in [-0.25, -0.2) is 18.4 Å². The van der Waals surface area contributed by atoms with E-state index in [1.165, 1.54) is 27.9 Å². The lowest BCUT2D eigenvalue weighted by molar-refractivity contribution is -0.0634. The molecule has 2 bridgehead atoms. The third kappa shape index (κ3) is 4.15. The molecule has 3 atom stereocenters. The van der Waals surface area contributed by atoms with Crippen LogP contribution in [0.3, 0.4) is 0 Å². The first-order valence-corrected chi connectivity index (χ1v) is 13.9. The summed E-state index contributed by atoms with van der Waals surface area (Å²) in [6.07, 6.45) is 3.01. The van der Waals surface area contributed by atoms with Crippen LogP contribution in [0.1, 0.15) is 49.4 Å². The van der Waals surface area contributed by atoms with Crippen molar-refractivity contribution in [1.29, 1.82) is 0 Å². The number of aliphatic imine (C=N–C) groups is 1. The number of fused-ring (bicyclic) bond motifs is 3. The van der Waals surface area contributed by atoms with Crippen LogP contribution in [0.15, 0.2) is 34.5 Å². The molecule has 36 heavy (non-hydrogen) atoms. The number of rotatable bonds is 6. The number of halogens is 4. The van der Waals surface area contributed by atoms with Crippen molar-refractivity contribution in [3.63, 3.8) is 0 Å². The lowest BCUT2D eigenvalue weighted by Crippen LogP contribution is -2.55. The molecule has 9 nitrogen and oxygen atoms in total. The van der Waals surface area contributed by atoms with E-state index in [4.69, 9.17) is 0 Å². The van der Waals surface area contributed by atoms with E-state index in [-0.39, 0.29) is 19.5 Å². The Labute approximate surface area is 208 Å². The number of aromatic nitrogens is 3. The highest BCUT2D eigenvalue weighted by molar-refractivity contribution is 7.87. The molecule has 0 saturated carbocycles. The molecule has 0 amide bonds. The van der Waals surface area contributed by atoms with E-state index in [9.17, 15) is 26.0 Å².